The van der Waals surface area contributed by atoms with Gasteiger partial charge in [0, 0.05) is 22.4 Å². The Labute approximate surface area is 122 Å². The fourth-order valence-corrected chi connectivity index (χ4v) is 2.32. The van der Waals surface area contributed by atoms with Crippen molar-refractivity contribution >= 4 is 0 Å². The lowest BCUT2D eigenvalue weighted by Crippen LogP contribution is -1.86. The topological polar surface area (TPSA) is 69.1 Å². The number of aromatic hydroxyl groups is 1. The summed E-state index contributed by atoms with van der Waals surface area (Å²) in [7, 11) is 0. The zero-order chi connectivity index (χ0) is 14.8. The van der Waals surface area contributed by atoms with Crippen LogP contribution in [0.15, 0.2) is 48.5 Å². The van der Waals surface area contributed by atoms with Gasteiger partial charge in [-0.15, -0.1) is 0 Å². The lowest BCUT2D eigenvalue weighted by atomic mass is 10.1. The molecule has 1 aromatic heterocycles. The molecule has 0 radical (unpaired) electrons. The van der Waals surface area contributed by atoms with E-state index < -0.39 is 0 Å². The van der Waals surface area contributed by atoms with E-state index in [0.717, 1.165) is 22.5 Å². The Hall–Kier alpha value is -2.59. The average molecular weight is 280 g/mol. The summed E-state index contributed by atoms with van der Waals surface area (Å²) >= 11 is 0. The molecule has 2 aromatic carbocycles. The summed E-state index contributed by atoms with van der Waals surface area (Å²) < 4.78 is 0. The number of imidazole rings is 1. The normalized spacial score (nSPS) is 10.8. The second kappa shape index (κ2) is 5.42. The van der Waals surface area contributed by atoms with Gasteiger partial charge in [-0.2, -0.15) is 0 Å². The van der Waals surface area contributed by atoms with Crippen molar-refractivity contribution in [1.29, 1.82) is 0 Å². The number of nitrogens with one attached hydrogen (secondary N) is 1. The van der Waals surface area contributed by atoms with Crippen molar-refractivity contribution in [1.82, 2.24) is 9.97 Å². The van der Waals surface area contributed by atoms with Gasteiger partial charge in [-0.3, -0.25) is 0 Å². The van der Waals surface area contributed by atoms with Crippen LogP contribution in [0, 0.1) is 6.92 Å². The largest absolute Gasteiger partial charge is 0.508 e. The van der Waals surface area contributed by atoms with Crippen molar-refractivity contribution in [3.05, 3.63) is 59.8 Å². The highest BCUT2D eigenvalue weighted by molar-refractivity contribution is 5.68. The van der Waals surface area contributed by atoms with Crippen LogP contribution >= 0.6 is 0 Å². The van der Waals surface area contributed by atoms with Gasteiger partial charge in [-0.25, -0.2) is 4.98 Å². The Bertz CT molecular complexity index is 764. The third-order valence-electron chi connectivity index (χ3n) is 3.46. The van der Waals surface area contributed by atoms with Crippen molar-refractivity contribution in [2.24, 2.45) is 0 Å². The second-order valence-corrected chi connectivity index (χ2v) is 4.93. The molecule has 0 aliphatic rings. The highest BCUT2D eigenvalue weighted by Gasteiger charge is 2.11. The van der Waals surface area contributed by atoms with E-state index in [2.05, 4.69) is 9.97 Å². The predicted octanol–water partition coefficient (Wildman–Crippen LogP) is 3.25. The number of hydrogen-bond donors (Lipinski definition) is 3. The second-order valence-electron chi connectivity index (χ2n) is 4.93. The molecular weight excluding hydrogens is 264 g/mol. The van der Waals surface area contributed by atoms with Crippen LogP contribution in [0.25, 0.3) is 22.6 Å². The summed E-state index contributed by atoms with van der Waals surface area (Å²) in [5.41, 5.74) is 4.22. The molecule has 4 nitrogen and oxygen atoms in total. The number of aliphatic hydroxyl groups is 1. The van der Waals surface area contributed by atoms with Crippen LogP contribution in [0.3, 0.4) is 0 Å². The molecule has 0 saturated heterocycles. The molecular formula is C17H16N2O2. The monoisotopic (exact) mass is 280 g/mol. The van der Waals surface area contributed by atoms with Crippen molar-refractivity contribution in [2.45, 2.75) is 13.5 Å². The van der Waals surface area contributed by atoms with Crippen LogP contribution in [0.5, 0.6) is 5.75 Å². The molecule has 106 valence electrons. The Morgan fingerprint density at radius 3 is 2.48 bits per heavy atom. The lowest BCUT2D eigenvalue weighted by Gasteiger charge is -2.03. The van der Waals surface area contributed by atoms with Gasteiger partial charge in [-0.1, -0.05) is 42.5 Å². The number of H-pyrrole nitrogens is 1. The summed E-state index contributed by atoms with van der Waals surface area (Å²) in [6, 6.07) is 15.1. The highest BCUT2D eigenvalue weighted by atomic mass is 16.3. The van der Waals surface area contributed by atoms with E-state index in [0.29, 0.717) is 11.4 Å². The van der Waals surface area contributed by atoms with E-state index in [4.69, 9.17) is 5.11 Å². The SMILES string of the molecule is Cc1[nH]c(-c2ccc(CO)c(O)c2)nc1-c1ccccc1. The van der Waals surface area contributed by atoms with Crippen LogP contribution in [-0.4, -0.2) is 20.2 Å². The fraction of sp³-hybridized carbons (Fsp3) is 0.118. The molecule has 0 saturated carbocycles. The first-order valence-electron chi connectivity index (χ1n) is 6.74. The van der Waals surface area contributed by atoms with Crippen molar-refractivity contribution in [3.8, 4) is 28.4 Å². The summed E-state index contributed by atoms with van der Waals surface area (Å²) in [6.45, 7) is 1.79. The number of hydrogen-bond acceptors (Lipinski definition) is 3. The molecule has 4 heteroatoms. The maximum atomic E-state index is 9.84. The molecule has 0 bridgehead atoms. The number of aryl methyl sites for hydroxylation is 1. The highest BCUT2D eigenvalue weighted by Crippen LogP contribution is 2.28. The fourth-order valence-electron chi connectivity index (χ4n) is 2.32. The minimum atomic E-state index is -0.182. The summed E-state index contributed by atoms with van der Waals surface area (Å²) in [5.74, 6) is 0.774. The number of nitrogens with zero attached hydrogens (tertiary/aromatic N) is 1. The minimum absolute atomic E-state index is 0.0744. The summed E-state index contributed by atoms with van der Waals surface area (Å²) in [4.78, 5) is 7.86. The molecule has 1 heterocycles. The number of aliphatic hydroxyl groups excluding tert-OH is 1. The zero-order valence-corrected chi connectivity index (χ0v) is 11.7. The zero-order valence-electron chi connectivity index (χ0n) is 11.7. The van der Waals surface area contributed by atoms with Gasteiger partial charge < -0.3 is 15.2 Å². The van der Waals surface area contributed by atoms with Crippen LogP contribution in [-0.2, 0) is 6.61 Å². The van der Waals surface area contributed by atoms with Gasteiger partial charge >= 0.3 is 0 Å². The molecule has 0 aliphatic heterocycles. The maximum absolute atomic E-state index is 9.84. The van der Waals surface area contributed by atoms with Crippen molar-refractivity contribution in [2.75, 3.05) is 0 Å². The van der Waals surface area contributed by atoms with Crippen LogP contribution < -0.4 is 0 Å². The molecule has 0 aliphatic carbocycles. The van der Waals surface area contributed by atoms with Crippen molar-refractivity contribution in [3.63, 3.8) is 0 Å². The van der Waals surface area contributed by atoms with Crippen LogP contribution in [0.4, 0.5) is 0 Å². The van der Waals surface area contributed by atoms with E-state index >= 15 is 0 Å². The Morgan fingerprint density at radius 2 is 1.81 bits per heavy atom. The van der Waals surface area contributed by atoms with Gasteiger partial charge in [0.05, 0.1) is 12.3 Å². The number of aromatic nitrogens is 2. The average Bonchev–Trinajstić information content (AvgIpc) is 2.90. The number of phenols is 1. The molecule has 0 atom stereocenters. The first-order chi connectivity index (χ1) is 10.2. The molecule has 0 fully saturated rings. The number of benzene rings is 2. The Balaban J connectivity index is 2.03. The van der Waals surface area contributed by atoms with E-state index in [9.17, 15) is 5.11 Å². The van der Waals surface area contributed by atoms with Gasteiger partial charge in [0.2, 0.25) is 0 Å². The number of rotatable bonds is 3. The van der Waals surface area contributed by atoms with Crippen LogP contribution in [0.2, 0.25) is 0 Å². The van der Waals surface area contributed by atoms with Crippen LogP contribution in [0.1, 0.15) is 11.3 Å². The number of aromatic amines is 1. The Morgan fingerprint density at radius 1 is 1.05 bits per heavy atom. The van der Waals surface area contributed by atoms with E-state index in [1.807, 2.05) is 43.3 Å². The minimum Gasteiger partial charge on any atom is -0.508 e. The van der Waals surface area contributed by atoms with Crippen molar-refractivity contribution < 1.29 is 10.2 Å². The Kier molecular flexibility index (Phi) is 3.46. The molecule has 0 amide bonds. The van der Waals surface area contributed by atoms with Gasteiger partial charge in [-0.05, 0) is 13.0 Å². The molecule has 0 unspecified atom stereocenters. The lowest BCUT2D eigenvalue weighted by molar-refractivity contribution is 0.275. The first-order valence-corrected chi connectivity index (χ1v) is 6.74. The molecule has 3 N–H and O–H groups in total. The summed E-state index contributed by atoms with van der Waals surface area (Å²) in [6.07, 6.45) is 0. The standard InChI is InChI=1S/C17H16N2O2/c1-11-16(12-5-3-2-4-6-12)19-17(18-11)13-7-8-14(10-20)15(21)9-13/h2-9,20-21H,10H2,1H3,(H,18,19). The smallest absolute Gasteiger partial charge is 0.138 e. The third-order valence-corrected chi connectivity index (χ3v) is 3.46. The first kappa shape index (κ1) is 13.4. The predicted molar refractivity (Wildman–Crippen MR) is 81.8 cm³/mol. The van der Waals surface area contributed by atoms with Gasteiger partial charge in [0.15, 0.2) is 0 Å². The van der Waals surface area contributed by atoms with E-state index in [1.54, 1.807) is 12.1 Å². The van der Waals surface area contributed by atoms with E-state index in [-0.39, 0.29) is 12.4 Å². The molecule has 3 aromatic rings. The van der Waals surface area contributed by atoms with E-state index in [1.165, 1.54) is 0 Å². The molecule has 21 heavy (non-hydrogen) atoms. The molecule has 0 spiro atoms. The summed E-state index contributed by atoms with van der Waals surface area (Å²) in [5, 5.41) is 18.9. The molecule has 3 rings (SSSR count). The quantitative estimate of drug-likeness (QED) is 0.689. The van der Waals surface area contributed by atoms with Gasteiger partial charge in [0.1, 0.15) is 11.6 Å². The maximum Gasteiger partial charge on any atom is 0.138 e. The van der Waals surface area contributed by atoms with Gasteiger partial charge in [0.25, 0.3) is 0 Å². The third kappa shape index (κ3) is 2.53.